The normalized spacial score (nSPS) is 16.7. The van der Waals surface area contributed by atoms with Crippen molar-refractivity contribution in [1.82, 2.24) is 5.32 Å². The third kappa shape index (κ3) is 7.28. The maximum Gasteiger partial charge on any atom is 0.408 e. The molecule has 0 saturated heterocycles. The van der Waals surface area contributed by atoms with Crippen LogP contribution in [0.25, 0.3) is 0 Å². The number of hydrogen-bond donors (Lipinski definition) is 1. The number of amides is 1. The third-order valence-corrected chi connectivity index (χ3v) is 7.12. The van der Waals surface area contributed by atoms with Crippen LogP contribution < -0.4 is 5.32 Å². The first-order chi connectivity index (χ1) is 13.1. The van der Waals surface area contributed by atoms with Crippen LogP contribution in [-0.2, 0) is 25.0 Å². The van der Waals surface area contributed by atoms with Gasteiger partial charge in [0.05, 0.1) is 13.2 Å². The zero-order valence-electron chi connectivity index (χ0n) is 16.4. The summed E-state index contributed by atoms with van der Waals surface area (Å²) in [6.07, 6.45) is 5.72. The monoisotopic (exact) mass is 397 g/mol. The first-order valence-electron chi connectivity index (χ1n) is 9.93. The van der Waals surface area contributed by atoms with E-state index in [1.54, 1.807) is 13.8 Å². The predicted molar refractivity (Wildman–Crippen MR) is 106 cm³/mol. The Kier molecular flexibility index (Phi) is 9.32. The molecule has 1 aliphatic carbocycles. The van der Waals surface area contributed by atoms with Crippen molar-refractivity contribution in [2.45, 2.75) is 64.8 Å². The van der Waals surface area contributed by atoms with Crippen molar-refractivity contribution < 1.29 is 23.1 Å². The molecule has 7 heteroatoms. The Morgan fingerprint density at radius 1 is 1.11 bits per heavy atom. The van der Waals surface area contributed by atoms with Crippen LogP contribution in [0.3, 0.4) is 0 Å². The number of carbonyl (C=O) groups excluding carboxylic acids is 1. The van der Waals surface area contributed by atoms with E-state index in [0.717, 1.165) is 18.4 Å². The summed E-state index contributed by atoms with van der Waals surface area (Å²) in [5.74, 6) is -0.281. The summed E-state index contributed by atoms with van der Waals surface area (Å²) >= 11 is 0. The lowest BCUT2D eigenvalue weighted by molar-refractivity contribution is 0.132. The van der Waals surface area contributed by atoms with E-state index in [1.165, 1.54) is 19.3 Å². The molecule has 1 fully saturated rings. The Morgan fingerprint density at radius 3 is 2.33 bits per heavy atom. The van der Waals surface area contributed by atoms with E-state index in [1.807, 2.05) is 30.3 Å². The molecule has 1 aromatic rings. The van der Waals surface area contributed by atoms with E-state index in [9.17, 15) is 9.36 Å². The molecule has 0 spiro atoms. The topological polar surface area (TPSA) is 73.9 Å². The summed E-state index contributed by atoms with van der Waals surface area (Å²) in [5.41, 5.74) is 0.897. The highest BCUT2D eigenvalue weighted by atomic mass is 31.2. The Morgan fingerprint density at radius 2 is 1.74 bits per heavy atom. The van der Waals surface area contributed by atoms with Gasteiger partial charge < -0.3 is 19.1 Å². The number of alkyl carbamates (subject to hydrolysis) is 1. The second-order valence-corrected chi connectivity index (χ2v) is 9.06. The van der Waals surface area contributed by atoms with Crippen LogP contribution in [-0.4, -0.2) is 25.1 Å². The van der Waals surface area contributed by atoms with Crippen LogP contribution in [0.5, 0.6) is 0 Å². The molecule has 6 nitrogen and oxygen atoms in total. The van der Waals surface area contributed by atoms with Gasteiger partial charge in [-0.05, 0) is 31.7 Å². The minimum Gasteiger partial charge on any atom is -0.445 e. The first kappa shape index (κ1) is 21.9. The second-order valence-electron chi connectivity index (χ2n) is 6.84. The molecule has 0 heterocycles. The molecular weight excluding hydrogens is 365 g/mol. The molecule has 2 rings (SSSR count). The van der Waals surface area contributed by atoms with Gasteiger partial charge in [0.2, 0.25) is 0 Å². The summed E-state index contributed by atoms with van der Waals surface area (Å²) < 4.78 is 29.6. The quantitative estimate of drug-likeness (QED) is 0.530. The van der Waals surface area contributed by atoms with Gasteiger partial charge in [-0.15, -0.1) is 0 Å². The van der Waals surface area contributed by atoms with Gasteiger partial charge in [0, 0.05) is 0 Å². The maximum absolute atomic E-state index is 13.3. The fraction of sp³-hybridized carbons (Fsp3) is 0.650. The summed E-state index contributed by atoms with van der Waals surface area (Å²) in [6.45, 7) is 4.24. The van der Waals surface area contributed by atoms with Gasteiger partial charge >= 0.3 is 13.7 Å². The maximum atomic E-state index is 13.3. The number of ether oxygens (including phenoxy) is 1. The smallest absolute Gasteiger partial charge is 0.408 e. The summed E-state index contributed by atoms with van der Waals surface area (Å²) in [7, 11) is -3.46. The molecule has 0 aromatic heterocycles. The van der Waals surface area contributed by atoms with Crippen molar-refractivity contribution in [2.24, 2.45) is 5.92 Å². The van der Waals surface area contributed by atoms with Crippen molar-refractivity contribution >= 4 is 13.7 Å². The van der Waals surface area contributed by atoms with Crippen molar-refractivity contribution in [1.29, 1.82) is 0 Å². The van der Waals surface area contributed by atoms with Gasteiger partial charge in [0.1, 0.15) is 12.4 Å². The van der Waals surface area contributed by atoms with Gasteiger partial charge in [-0.1, -0.05) is 62.4 Å². The van der Waals surface area contributed by atoms with Crippen molar-refractivity contribution in [3.05, 3.63) is 35.9 Å². The molecule has 0 radical (unpaired) electrons. The van der Waals surface area contributed by atoms with E-state index in [4.69, 9.17) is 13.8 Å². The van der Waals surface area contributed by atoms with E-state index < -0.39 is 19.5 Å². The van der Waals surface area contributed by atoms with Crippen LogP contribution in [0.2, 0.25) is 0 Å². The zero-order valence-corrected chi connectivity index (χ0v) is 17.3. The Balaban J connectivity index is 2.02. The summed E-state index contributed by atoms with van der Waals surface area (Å²) in [5, 5.41) is 2.77. The standard InChI is InChI=1S/C20H32NO5P/c1-3-25-27(23,26-4-2)19(15-17-11-7-5-8-12-17)21-20(22)24-16-18-13-9-6-10-14-18/h6,9-10,13-14,17,19H,3-5,7-8,11-12,15-16H2,1-2H3,(H,21,22). The average Bonchev–Trinajstić information content (AvgIpc) is 2.68. The zero-order chi connectivity index (χ0) is 19.5. The Hall–Kier alpha value is -1.36. The lowest BCUT2D eigenvalue weighted by Gasteiger charge is -2.31. The average molecular weight is 397 g/mol. The SMILES string of the molecule is CCOP(=O)(OCC)C(CC1CCCCC1)NC(=O)OCc1ccccc1. The first-order valence-corrected chi connectivity index (χ1v) is 11.5. The highest BCUT2D eigenvalue weighted by Crippen LogP contribution is 2.54. The molecule has 152 valence electrons. The molecular formula is C20H32NO5P. The van der Waals surface area contributed by atoms with Crippen LogP contribution in [0.1, 0.15) is 57.9 Å². The van der Waals surface area contributed by atoms with Gasteiger partial charge in [-0.3, -0.25) is 4.57 Å². The van der Waals surface area contributed by atoms with Gasteiger partial charge in [-0.2, -0.15) is 0 Å². The molecule has 1 saturated carbocycles. The molecule has 0 aliphatic heterocycles. The van der Waals surface area contributed by atoms with E-state index in [2.05, 4.69) is 5.32 Å². The van der Waals surface area contributed by atoms with Crippen LogP contribution in [0.15, 0.2) is 30.3 Å². The van der Waals surface area contributed by atoms with Crippen LogP contribution in [0.4, 0.5) is 4.79 Å². The number of nitrogens with one attached hydrogen (secondary N) is 1. The van der Waals surface area contributed by atoms with Crippen molar-refractivity contribution in [3.8, 4) is 0 Å². The molecule has 1 atom stereocenters. The summed E-state index contributed by atoms with van der Waals surface area (Å²) in [6, 6.07) is 9.46. The second kappa shape index (κ2) is 11.5. The van der Waals surface area contributed by atoms with Gasteiger partial charge in [-0.25, -0.2) is 4.79 Å². The number of rotatable bonds is 10. The largest absolute Gasteiger partial charge is 0.445 e. The minimum absolute atomic E-state index is 0.163. The Bertz CT molecular complexity index is 594. The van der Waals surface area contributed by atoms with Crippen LogP contribution in [0, 0.1) is 5.92 Å². The molecule has 0 bridgehead atoms. The fourth-order valence-electron chi connectivity index (χ4n) is 3.48. The van der Waals surface area contributed by atoms with Gasteiger partial charge in [0.15, 0.2) is 0 Å². The Labute approximate surface area is 162 Å². The van der Waals surface area contributed by atoms with Gasteiger partial charge in [0.25, 0.3) is 0 Å². The van der Waals surface area contributed by atoms with E-state index in [0.29, 0.717) is 12.3 Å². The predicted octanol–water partition coefficient (Wildman–Crippen LogP) is 5.48. The molecule has 1 N–H and O–H groups in total. The number of carbonyl (C=O) groups is 1. The summed E-state index contributed by atoms with van der Waals surface area (Å²) in [4.78, 5) is 12.4. The van der Waals surface area contributed by atoms with Crippen molar-refractivity contribution in [2.75, 3.05) is 13.2 Å². The molecule has 1 aromatic carbocycles. The lowest BCUT2D eigenvalue weighted by Crippen LogP contribution is -2.38. The molecule has 27 heavy (non-hydrogen) atoms. The molecule has 1 aliphatic rings. The highest BCUT2D eigenvalue weighted by Gasteiger charge is 2.38. The van der Waals surface area contributed by atoms with E-state index >= 15 is 0 Å². The van der Waals surface area contributed by atoms with Crippen LogP contribution >= 0.6 is 7.60 Å². The lowest BCUT2D eigenvalue weighted by atomic mass is 9.87. The van der Waals surface area contributed by atoms with Crippen molar-refractivity contribution in [3.63, 3.8) is 0 Å². The molecule has 1 amide bonds. The molecule has 1 unspecified atom stereocenters. The third-order valence-electron chi connectivity index (χ3n) is 4.78. The fourth-order valence-corrected chi connectivity index (χ4v) is 5.46. The minimum atomic E-state index is -3.46. The number of hydrogen-bond acceptors (Lipinski definition) is 5. The number of benzene rings is 1. The van der Waals surface area contributed by atoms with E-state index in [-0.39, 0.29) is 19.8 Å². The highest BCUT2D eigenvalue weighted by molar-refractivity contribution is 7.54.